The van der Waals surface area contributed by atoms with Crippen LogP contribution in [0, 0.1) is 26.2 Å². The Kier molecular flexibility index (Phi) is 4.08. The van der Waals surface area contributed by atoms with Gasteiger partial charge in [-0.15, -0.1) is 0 Å². The number of hydrogen-bond donors (Lipinski definition) is 2. The topological polar surface area (TPSA) is 32.3 Å². The fourth-order valence-electron chi connectivity index (χ4n) is 2.43. The van der Waals surface area contributed by atoms with Crippen LogP contribution in [-0.2, 0) is 6.42 Å². The Hall–Kier alpha value is -0.860. The summed E-state index contributed by atoms with van der Waals surface area (Å²) in [5.41, 5.74) is 5.89. The molecule has 1 fully saturated rings. The van der Waals surface area contributed by atoms with Crippen LogP contribution in [0.4, 0.5) is 0 Å². The number of rotatable bonds is 6. The molecule has 1 aliphatic carbocycles. The molecule has 0 aliphatic heterocycles. The van der Waals surface area contributed by atoms with E-state index in [1.54, 1.807) is 0 Å². The SMILES string of the molecule is Cc1ccc(CCNCC2(CO)CC2)c(C)c1C. The Labute approximate surface area is 110 Å². The van der Waals surface area contributed by atoms with Crippen molar-refractivity contribution in [3.05, 3.63) is 34.4 Å². The highest BCUT2D eigenvalue weighted by atomic mass is 16.3. The van der Waals surface area contributed by atoms with Gasteiger partial charge in [0.2, 0.25) is 0 Å². The second-order valence-electron chi connectivity index (χ2n) is 5.88. The Morgan fingerprint density at radius 2 is 1.89 bits per heavy atom. The second-order valence-corrected chi connectivity index (χ2v) is 5.88. The van der Waals surface area contributed by atoms with E-state index >= 15 is 0 Å². The first-order valence-electron chi connectivity index (χ1n) is 6.95. The van der Waals surface area contributed by atoms with E-state index in [1.807, 2.05) is 0 Å². The van der Waals surface area contributed by atoms with Crippen molar-refractivity contribution in [1.82, 2.24) is 5.32 Å². The van der Waals surface area contributed by atoms with Crippen molar-refractivity contribution < 1.29 is 5.11 Å². The third-order valence-electron chi connectivity index (χ3n) is 4.53. The van der Waals surface area contributed by atoms with E-state index in [2.05, 4.69) is 38.2 Å². The first-order valence-corrected chi connectivity index (χ1v) is 6.95. The molecular formula is C16H25NO. The van der Waals surface area contributed by atoms with E-state index in [9.17, 15) is 5.11 Å². The van der Waals surface area contributed by atoms with Crippen molar-refractivity contribution in [2.24, 2.45) is 5.41 Å². The predicted molar refractivity (Wildman–Crippen MR) is 76.0 cm³/mol. The van der Waals surface area contributed by atoms with Gasteiger partial charge in [-0.3, -0.25) is 0 Å². The van der Waals surface area contributed by atoms with Gasteiger partial charge in [-0.05, 0) is 68.8 Å². The summed E-state index contributed by atoms with van der Waals surface area (Å²) in [5, 5.41) is 12.7. The summed E-state index contributed by atoms with van der Waals surface area (Å²) in [4.78, 5) is 0. The third-order valence-corrected chi connectivity index (χ3v) is 4.53. The average molecular weight is 247 g/mol. The summed E-state index contributed by atoms with van der Waals surface area (Å²) in [6.45, 7) is 8.89. The van der Waals surface area contributed by atoms with Gasteiger partial charge in [-0.2, -0.15) is 0 Å². The monoisotopic (exact) mass is 247 g/mol. The highest BCUT2D eigenvalue weighted by Gasteiger charge is 2.41. The van der Waals surface area contributed by atoms with Crippen LogP contribution >= 0.6 is 0 Å². The molecule has 0 unspecified atom stereocenters. The summed E-state index contributed by atoms with van der Waals surface area (Å²) in [7, 11) is 0. The Balaban J connectivity index is 1.82. The number of aliphatic hydroxyl groups is 1. The molecule has 2 heteroatoms. The van der Waals surface area contributed by atoms with Crippen LogP contribution in [0.15, 0.2) is 12.1 Å². The molecule has 1 aliphatic rings. The van der Waals surface area contributed by atoms with Gasteiger partial charge in [0.05, 0.1) is 0 Å². The zero-order chi connectivity index (χ0) is 13.2. The minimum Gasteiger partial charge on any atom is -0.396 e. The van der Waals surface area contributed by atoms with Gasteiger partial charge in [-0.1, -0.05) is 12.1 Å². The van der Waals surface area contributed by atoms with Crippen LogP contribution in [0.3, 0.4) is 0 Å². The first kappa shape index (κ1) is 13.6. The third kappa shape index (κ3) is 2.93. The van der Waals surface area contributed by atoms with Crippen LogP contribution in [0.1, 0.15) is 35.1 Å². The van der Waals surface area contributed by atoms with Crippen molar-refractivity contribution in [3.8, 4) is 0 Å². The standard InChI is InChI=1S/C16H25NO/c1-12-4-5-15(14(3)13(12)2)6-9-17-10-16(11-18)7-8-16/h4-5,17-18H,6-11H2,1-3H3. The molecule has 0 amide bonds. The number of hydrogen-bond acceptors (Lipinski definition) is 2. The largest absolute Gasteiger partial charge is 0.396 e. The van der Waals surface area contributed by atoms with Crippen LogP contribution < -0.4 is 5.32 Å². The number of benzene rings is 1. The molecule has 2 nitrogen and oxygen atoms in total. The maximum absolute atomic E-state index is 9.24. The van der Waals surface area contributed by atoms with E-state index in [0.717, 1.165) is 19.5 Å². The summed E-state index contributed by atoms with van der Waals surface area (Å²) < 4.78 is 0. The Morgan fingerprint density at radius 3 is 2.50 bits per heavy atom. The van der Waals surface area contributed by atoms with E-state index in [4.69, 9.17) is 0 Å². The van der Waals surface area contributed by atoms with Gasteiger partial charge < -0.3 is 10.4 Å². The molecule has 0 spiro atoms. The molecule has 0 radical (unpaired) electrons. The zero-order valence-corrected chi connectivity index (χ0v) is 11.8. The molecule has 0 saturated heterocycles. The fraction of sp³-hybridized carbons (Fsp3) is 0.625. The molecule has 2 N–H and O–H groups in total. The molecule has 2 rings (SSSR count). The van der Waals surface area contributed by atoms with Gasteiger partial charge in [-0.25, -0.2) is 0 Å². The van der Waals surface area contributed by atoms with Crippen molar-refractivity contribution in [2.45, 2.75) is 40.0 Å². The minimum absolute atomic E-state index is 0.220. The van der Waals surface area contributed by atoms with Crippen LogP contribution in [0.5, 0.6) is 0 Å². The van der Waals surface area contributed by atoms with E-state index in [-0.39, 0.29) is 5.41 Å². The smallest absolute Gasteiger partial charge is 0.0499 e. The minimum atomic E-state index is 0.220. The van der Waals surface area contributed by atoms with Crippen molar-refractivity contribution in [2.75, 3.05) is 19.7 Å². The molecule has 18 heavy (non-hydrogen) atoms. The molecule has 1 saturated carbocycles. The van der Waals surface area contributed by atoms with Crippen molar-refractivity contribution in [3.63, 3.8) is 0 Å². The van der Waals surface area contributed by atoms with Gasteiger partial charge in [0.1, 0.15) is 0 Å². The number of aryl methyl sites for hydroxylation is 1. The normalized spacial score (nSPS) is 16.9. The predicted octanol–water partition coefficient (Wildman–Crippen LogP) is 2.52. The molecule has 1 aromatic rings. The lowest BCUT2D eigenvalue weighted by molar-refractivity contribution is 0.208. The molecule has 0 aromatic heterocycles. The van der Waals surface area contributed by atoms with Gasteiger partial charge >= 0.3 is 0 Å². The second kappa shape index (κ2) is 5.41. The van der Waals surface area contributed by atoms with Gasteiger partial charge in [0.15, 0.2) is 0 Å². The number of aliphatic hydroxyl groups excluding tert-OH is 1. The lowest BCUT2D eigenvalue weighted by Crippen LogP contribution is -2.28. The van der Waals surface area contributed by atoms with E-state index < -0.39 is 0 Å². The molecule has 1 aromatic carbocycles. The summed E-state index contributed by atoms with van der Waals surface area (Å²) >= 11 is 0. The van der Waals surface area contributed by atoms with Crippen LogP contribution in [0.25, 0.3) is 0 Å². The maximum atomic E-state index is 9.24. The summed E-state index contributed by atoms with van der Waals surface area (Å²) in [5.74, 6) is 0. The maximum Gasteiger partial charge on any atom is 0.0499 e. The first-order chi connectivity index (χ1) is 8.58. The summed E-state index contributed by atoms with van der Waals surface area (Å²) in [6, 6.07) is 4.46. The van der Waals surface area contributed by atoms with Crippen molar-refractivity contribution >= 4 is 0 Å². The lowest BCUT2D eigenvalue weighted by atomic mass is 9.97. The number of nitrogens with one attached hydrogen (secondary N) is 1. The molecule has 0 bridgehead atoms. The zero-order valence-electron chi connectivity index (χ0n) is 11.8. The fourth-order valence-corrected chi connectivity index (χ4v) is 2.43. The highest BCUT2D eigenvalue weighted by molar-refractivity contribution is 5.38. The molecule has 0 heterocycles. The Morgan fingerprint density at radius 1 is 1.17 bits per heavy atom. The van der Waals surface area contributed by atoms with Crippen LogP contribution in [0.2, 0.25) is 0 Å². The van der Waals surface area contributed by atoms with E-state index in [1.165, 1.54) is 35.1 Å². The molecule has 0 atom stereocenters. The highest BCUT2D eigenvalue weighted by Crippen LogP contribution is 2.44. The van der Waals surface area contributed by atoms with Gasteiger partial charge in [0, 0.05) is 18.6 Å². The van der Waals surface area contributed by atoms with Crippen molar-refractivity contribution in [1.29, 1.82) is 0 Å². The lowest BCUT2D eigenvalue weighted by Gasteiger charge is -2.14. The van der Waals surface area contributed by atoms with Gasteiger partial charge in [0.25, 0.3) is 0 Å². The quantitative estimate of drug-likeness (QED) is 0.757. The summed E-state index contributed by atoms with van der Waals surface area (Å²) in [6.07, 6.45) is 3.44. The molecular weight excluding hydrogens is 222 g/mol. The average Bonchev–Trinajstić information content (AvgIpc) is 3.15. The Bertz CT molecular complexity index is 421. The van der Waals surface area contributed by atoms with E-state index in [0.29, 0.717) is 6.61 Å². The van der Waals surface area contributed by atoms with Crippen LogP contribution in [-0.4, -0.2) is 24.8 Å². The molecule has 100 valence electrons.